The second kappa shape index (κ2) is 4.85. The lowest BCUT2D eigenvalue weighted by molar-refractivity contribution is -0.124. The molecule has 18 heavy (non-hydrogen) atoms. The number of nitrogens with one attached hydrogen (secondary N) is 2. The third-order valence-electron chi connectivity index (χ3n) is 3.29. The van der Waals surface area contributed by atoms with Crippen LogP contribution in [0.3, 0.4) is 0 Å². The molecule has 0 saturated carbocycles. The molecule has 5 nitrogen and oxygen atoms in total. The molecule has 0 bridgehead atoms. The van der Waals surface area contributed by atoms with Crippen molar-refractivity contribution in [1.29, 1.82) is 0 Å². The van der Waals surface area contributed by atoms with Crippen molar-refractivity contribution in [3.05, 3.63) is 16.7 Å². The van der Waals surface area contributed by atoms with Crippen molar-refractivity contribution in [1.82, 2.24) is 10.3 Å². The molecule has 3 heterocycles. The summed E-state index contributed by atoms with van der Waals surface area (Å²) in [6, 6.07) is 4.01. The van der Waals surface area contributed by atoms with Crippen LogP contribution in [-0.4, -0.2) is 29.6 Å². The Balaban J connectivity index is 1.74. The average Bonchev–Trinajstić information content (AvgIpc) is 2.83. The topological polar surface area (TPSA) is 63.2 Å². The number of carbonyl (C=O) groups is 1. The number of amides is 1. The Morgan fingerprint density at radius 1 is 1.50 bits per heavy atom. The molecule has 2 aliphatic rings. The molecular formula is C12H14BrN3O2. The highest BCUT2D eigenvalue weighted by Crippen LogP contribution is 2.30. The fourth-order valence-electron chi connectivity index (χ4n) is 2.38. The number of nitrogens with zero attached hydrogens (tertiary/aromatic N) is 1. The maximum atomic E-state index is 11.9. The van der Waals surface area contributed by atoms with Gasteiger partial charge in [-0.15, -0.1) is 0 Å². The van der Waals surface area contributed by atoms with E-state index in [9.17, 15) is 4.79 Å². The molecule has 0 radical (unpaired) electrons. The lowest BCUT2D eigenvalue weighted by atomic mass is 10.1. The van der Waals surface area contributed by atoms with Gasteiger partial charge in [0.25, 0.3) is 5.91 Å². The first-order valence-corrected chi connectivity index (χ1v) is 6.89. The molecule has 1 fully saturated rings. The largest absolute Gasteiger partial charge is 0.477 e. The number of rotatable bonds is 2. The molecule has 2 N–H and O–H groups in total. The highest BCUT2D eigenvalue weighted by Gasteiger charge is 2.31. The van der Waals surface area contributed by atoms with E-state index in [2.05, 4.69) is 31.5 Å². The van der Waals surface area contributed by atoms with Crippen LogP contribution in [0.4, 0.5) is 5.82 Å². The van der Waals surface area contributed by atoms with Gasteiger partial charge < -0.3 is 15.4 Å². The van der Waals surface area contributed by atoms with E-state index >= 15 is 0 Å². The summed E-state index contributed by atoms with van der Waals surface area (Å²) in [5.74, 6) is 1.02. The number of ether oxygens (including phenoxy) is 1. The van der Waals surface area contributed by atoms with Crippen molar-refractivity contribution in [2.24, 2.45) is 0 Å². The van der Waals surface area contributed by atoms with Crippen LogP contribution >= 0.6 is 15.9 Å². The van der Waals surface area contributed by atoms with E-state index in [1.165, 1.54) is 6.42 Å². The van der Waals surface area contributed by atoms with E-state index in [1.54, 1.807) is 6.07 Å². The number of carbonyl (C=O) groups excluding carboxylic acids is 1. The van der Waals surface area contributed by atoms with Gasteiger partial charge in [0.05, 0.1) is 0 Å². The maximum absolute atomic E-state index is 11.9. The van der Waals surface area contributed by atoms with Gasteiger partial charge in [-0.3, -0.25) is 4.79 Å². The van der Waals surface area contributed by atoms with Crippen LogP contribution in [0.15, 0.2) is 16.7 Å². The van der Waals surface area contributed by atoms with Crippen LogP contribution in [0.25, 0.3) is 0 Å². The van der Waals surface area contributed by atoms with Gasteiger partial charge in [0.2, 0.25) is 0 Å². The first-order valence-electron chi connectivity index (χ1n) is 6.10. The monoisotopic (exact) mass is 311 g/mol. The van der Waals surface area contributed by atoms with Gasteiger partial charge in [-0.1, -0.05) is 0 Å². The standard InChI is InChI=1S/C12H14BrN3O2/c13-10-4-3-8-11(15-10)16-12(17)9(18-8)6-7-2-1-5-14-7/h3-4,7,9,14H,1-2,5-6H2,(H,15,16,17). The van der Waals surface area contributed by atoms with Gasteiger partial charge in [0, 0.05) is 12.5 Å². The molecule has 2 atom stereocenters. The molecular weight excluding hydrogens is 298 g/mol. The summed E-state index contributed by atoms with van der Waals surface area (Å²) in [6.07, 6.45) is 2.57. The summed E-state index contributed by atoms with van der Waals surface area (Å²) in [7, 11) is 0. The number of hydrogen-bond acceptors (Lipinski definition) is 4. The summed E-state index contributed by atoms with van der Waals surface area (Å²) in [5.41, 5.74) is 0. The molecule has 2 unspecified atom stereocenters. The molecule has 0 aliphatic carbocycles. The van der Waals surface area contributed by atoms with Gasteiger partial charge in [0.1, 0.15) is 4.60 Å². The number of fused-ring (bicyclic) bond motifs is 1. The highest BCUT2D eigenvalue weighted by molar-refractivity contribution is 9.10. The van der Waals surface area contributed by atoms with E-state index in [-0.39, 0.29) is 5.91 Å². The van der Waals surface area contributed by atoms with Crippen molar-refractivity contribution in [2.75, 3.05) is 11.9 Å². The van der Waals surface area contributed by atoms with Crippen molar-refractivity contribution in [2.45, 2.75) is 31.4 Å². The lowest BCUT2D eigenvalue weighted by Crippen LogP contribution is -2.41. The van der Waals surface area contributed by atoms with Crippen LogP contribution < -0.4 is 15.4 Å². The first kappa shape index (κ1) is 11.9. The Bertz CT molecular complexity index is 474. The minimum Gasteiger partial charge on any atom is -0.477 e. The van der Waals surface area contributed by atoms with Gasteiger partial charge in [0.15, 0.2) is 17.7 Å². The predicted molar refractivity (Wildman–Crippen MR) is 70.6 cm³/mol. The van der Waals surface area contributed by atoms with Crippen LogP contribution in [0, 0.1) is 0 Å². The Hall–Kier alpha value is -1.14. The zero-order chi connectivity index (χ0) is 12.5. The van der Waals surface area contributed by atoms with E-state index < -0.39 is 6.10 Å². The predicted octanol–water partition coefficient (Wildman–Crippen LogP) is 1.69. The molecule has 0 aromatic carbocycles. The van der Waals surface area contributed by atoms with Gasteiger partial charge in [-0.25, -0.2) is 4.98 Å². The van der Waals surface area contributed by atoms with Crippen molar-refractivity contribution >= 4 is 27.7 Å². The molecule has 1 amide bonds. The highest BCUT2D eigenvalue weighted by atomic mass is 79.9. The van der Waals surface area contributed by atoms with Gasteiger partial charge >= 0.3 is 0 Å². The quantitative estimate of drug-likeness (QED) is 0.816. The first-order chi connectivity index (χ1) is 8.72. The molecule has 3 rings (SSSR count). The fourth-order valence-corrected chi connectivity index (χ4v) is 2.69. The second-order valence-corrected chi connectivity index (χ2v) is 5.42. The molecule has 6 heteroatoms. The number of aromatic nitrogens is 1. The maximum Gasteiger partial charge on any atom is 0.266 e. The SMILES string of the molecule is O=C1Nc2nc(Br)ccc2OC1CC1CCCN1. The minimum atomic E-state index is -0.420. The number of pyridine rings is 1. The molecule has 1 saturated heterocycles. The second-order valence-electron chi connectivity index (χ2n) is 4.61. The van der Waals surface area contributed by atoms with Crippen LogP contribution in [0.5, 0.6) is 5.75 Å². The minimum absolute atomic E-state index is 0.109. The van der Waals surface area contributed by atoms with Crippen LogP contribution in [0.2, 0.25) is 0 Å². The smallest absolute Gasteiger partial charge is 0.266 e. The van der Waals surface area contributed by atoms with Crippen LogP contribution in [-0.2, 0) is 4.79 Å². The van der Waals surface area contributed by atoms with Gasteiger partial charge in [-0.2, -0.15) is 0 Å². The summed E-state index contributed by atoms with van der Waals surface area (Å²) in [5, 5.41) is 6.17. The summed E-state index contributed by atoms with van der Waals surface area (Å²) < 4.78 is 6.41. The van der Waals surface area contributed by atoms with Crippen molar-refractivity contribution in [3.63, 3.8) is 0 Å². The number of hydrogen-bond donors (Lipinski definition) is 2. The Labute approximate surface area is 113 Å². The van der Waals surface area contributed by atoms with Crippen molar-refractivity contribution in [3.8, 4) is 5.75 Å². The zero-order valence-electron chi connectivity index (χ0n) is 9.78. The van der Waals surface area contributed by atoms with E-state index in [4.69, 9.17) is 4.74 Å². The summed E-state index contributed by atoms with van der Waals surface area (Å²) in [4.78, 5) is 16.1. The summed E-state index contributed by atoms with van der Waals surface area (Å²) >= 11 is 3.27. The third kappa shape index (κ3) is 2.35. The Morgan fingerprint density at radius 3 is 3.17 bits per heavy atom. The summed E-state index contributed by atoms with van der Waals surface area (Å²) in [6.45, 7) is 1.03. The molecule has 0 spiro atoms. The molecule has 96 valence electrons. The van der Waals surface area contributed by atoms with Gasteiger partial charge in [-0.05, 0) is 47.4 Å². The van der Waals surface area contributed by atoms with E-state index in [1.807, 2.05) is 6.07 Å². The molecule has 2 aliphatic heterocycles. The molecule has 1 aromatic rings. The average molecular weight is 312 g/mol. The van der Waals surface area contributed by atoms with Crippen molar-refractivity contribution < 1.29 is 9.53 Å². The van der Waals surface area contributed by atoms with E-state index in [0.29, 0.717) is 28.6 Å². The third-order valence-corrected chi connectivity index (χ3v) is 3.73. The fraction of sp³-hybridized carbons (Fsp3) is 0.500. The number of halogens is 1. The molecule has 1 aromatic heterocycles. The number of anilines is 1. The zero-order valence-corrected chi connectivity index (χ0v) is 11.4. The Morgan fingerprint density at radius 2 is 2.39 bits per heavy atom. The normalized spacial score (nSPS) is 26.4. The van der Waals surface area contributed by atoms with Crippen LogP contribution in [0.1, 0.15) is 19.3 Å². The Kier molecular flexibility index (Phi) is 3.22. The lowest BCUT2D eigenvalue weighted by Gasteiger charge is -2.26. The van der Waals surface area contributed by atoms with E-state index in [0.717, 1.165) is 13.0 Å².